The Bertz CT molecular complexity index is 386. The maximum atomic E-state index is 13.8. The number of aryl methyl sites for hydroxylation is 1. The molecule has 0 aliphatic heterocycles. The van der Waals surface area contributed by atoms with Gasteiger partial charge in [0.15, 0.2) is 11.6 Å². The summed E-state index contributed by atoms with van der Waals surface area (Å²) in [5.41, 5.74) is 0.439. The van der Waals surface area contributed by atoms with E-state index in [9.17, 15) is 9.50 Å². The van der Waals surface area contributed by atoms with Crippen molar-refractivity contribution in [3.63, 3.8) is 0 Å². The lowest BCUT2D eigenvalue weighted by molar-refractivity contribution is 0.178. The van der Waals surface area contributed by atoms with Gasteiger partial charge in [0, 0.05) is 6.54 Å². The van der Waals surface area contributed by atoms with E-state index in [-0.39, 0.29) is 17.7 Å². The fourth-order valence-corrected chi connectivity index (χ4v) is 2.25. The molecule has 1 aromatic heterocycles. The first-order valence-corrected chi connectivity index (χ1v) is 6.12. The number of aliphatic hydroxyl groups excluding tert-OH is 1. The van der Waals surface area contributed by atoms with E-state index in [4.69, 9.17) is 0 Å². The largest absolute Gasteiger partial charge is 0.393 e. The summed E-state index contributed by atoms with van der Waals surface area (Å²) in [7, 11) is 0. The minimum Gasteiger partial charge on any atom is -0.393 e. The van der Waals surface area contributed by atoms with Crippen molar-refractivity contribution < 1.29 is 9.50 Å². The predicted molar refractivity (Wildman–Crippen MR) is 63.2 cm³/mol. The van der Waals surface area contributed by atoms with Crippen molar-refractivity contribution in [2.45, 2.75) is 38.7 Å². The summed E-state index contributed by atoms with van der Waals surface area (Å²) in [6.07, 6.45) is 4.38. The van der Waals surface area contributed by atoms with Gasteiger partial charge in [-0.05, 0) is 31.6 Å². The molecule has 0 spiro atoms. The van der Waals surface area contributed by atoms with E-state index in [0.29, 0.717) is 24.6 Å². The molecule has 1 heterocycles. The zero-order chi connectivity index (χ0) is 12.3. The molecule has 0 amide bonds. The number of halogens is 1. The molecule has 0 aromatic carbocycles. The molecule has 2 N–H and O–H groups in total. The van der Waals surface area contributed by atoms with E-state index in [1.165, 1.54) is 6.33 Å². The summed E-state index contributed by atoms with van der Waals surface area (Å²) in [5.74, 6) is 0.330. The van der Waals surface area contributed by atoms with Crippen LogP contribution in [0.5, 0.6) is 0 Å². The highest BCUT2D eigenvalue weighted by Crippen LogP contribution is 2.25. The third-order valence-corrected chi connectivity index (χ3v) is 3.27. The molecule has 0 bridgehead atoms. The Hall–Kier alpha value is -1.23. The van der Waals surface area contributed by atoms with Gasteiger partial charge in [-0.2, -0.15) is 0 Å². The molecule has 0 saturated heterocycles. The maximum Gasteiger partial charge on any atom is 0.186 e. The minimum atomic E-state index is -0.353. The normalized spacial score (nSPS) is 23.9. The molecule has 17 heavy (non-hydrogen) atoms. The second-order valence-electron chi connectivity index (χ2n) is 4.55. The number of hydrogen-bond donors (Lipinski definition) is 2. The molecule has 1 fully saturated rings. The maximum absolute atomic E-state index is 13.8. The molecule has 5 heteroatoms. The molecule has 0 radical (unpaired) electrons. The first-order valence-electron chi connectivity index (χ1n) is 6.12. The van der Waals surface area contributed by atoms with Gasteiger partial charge in [0.25, 0.3) is 0 Å². The monoisotopic (exact) mass is 239 g/mol. The van der Waals surface area contributed by atoms with Gasteiger partial charge in [0.05, 0.1) is 11.8 Å². The second kappa shape index (κ2) is 5.40. The molecule has 4 nitrogen and oxygen atoms in total. The number of rotatable bonds is 4. The molecule has 1 aromatic rings. The van der Waals surface area contributed by atoms with Crippen LogP contribution in [-0.4, -0.2) is 27.7 Å². The van der Waals surface area contributed by atoms with Crippen LogP contribution in [0.1, 0.15) is 31.9 Å². The number of nitrogens with zero attached hydrogens (tertiary/aromatic N) is 2. The van der Waals surface area contributed by atoms with Crippen LogP contribution in [0.15, 0.2) is 6.33 Å². The van der Waals surface area contributed by atoms with Crippen molar-refractivity contribution in [3.8, 4) is 0 Å². The van der Waals surface area contributed by atoms with E-state index in [1.54, 1.807) is 0 Å². The number of aliphatic hydroxyl groups is 1. The highest BCUT2D eigenvalue weighted by Gasteiger charge is 2.23. The lowest BCUT2D eigenvalue weighted by atomic mass is 10.1. The lowest BCUT2D eigenvalue weighted by Gasteiger charge is -2.12. The van der Waals surface area contributed by atoms with Crippen LogP contribution < -0.4 is 5.32 Å². The Morgan fingerprint density at radius 3 is 2.94 bits per heavy atom. The van der Waals surface area contributed by atoms with Gasteiger partial charge < -0.3 is 10.4 Å². The molecular weight excluding hydrogens is 221 g/mol. The molecule has 1 aliphatic carbocycles. The quantitative estimate of drug-likeness (QED) is 0.840. The van der Waals surface area contributed by atoms with Crippen LogP contribution in [-0.2, 0) is 6.42 Å². The smallest absolute Gasteiger partial charge is 0.186 e. The number of anilines is 1. The molecule has 1 aliphatic rings. The third-order valence-electron chi connectivity index (χ3n) is 3.27. The van der Waals surface area contributed by atoms with Crippen molar-refractivity contribution in [3.05, 3.63) is 17.8 Å². The second-order valence-corrected chi connectivity index (χ2v) is 4.55. The molecule has 2 unspecified atom stereocenters. The van der Waals surface area contributed by atoms with Crippen molar-refractivity contribution >= 4 is 5.82 Å². The van der Waals surface area contributed by atoms with Crippen LogP contribution in [0.4, 0.5) is 10.2 Å². The van der Waals surface area contributed by atoms with E-state index in [2.05, 4.69) is 15.3 Å². The van der Waals surface area contributed by atoms with Crippen molar-refractivity contribution in [2.24, 2.45) is 5.92 Å². The molecule has 94 valence electrons. The minimum absolute atomic E-state index is 0.191. The van der Waals surface area contributed by atoms with E-state index < -0.39 is 0 Å². The lowest BCUT2D eigenvalue weighted by Crippen LogP contribution is -2.15. The van der Waals surface area contributed by atoms with Crippen LogP contribution >= 0.6 is 0 Å². The average molecular weight is 239 g/mol. The van der Waals surface area contributed by atoms with Gasteiger partial charge in [-0.25, -0.2) is 14.4 Å². The Morgan fingerprint density at radius 1 is 1.47 bits per heavy atom. The summed E-state index contributed by atoms with van der Waals surface area (Å²) < 4.78 is 13.8. The standard InChI is InChI=1S/C12H18FN3O/c1-2-10-11(13)12(16-7-15-10)14-6-8-3-4-9(17)5-8/h7-9,17H,2-6H2,1H3,(H,14,15,16). The van der Waals surface area contributed by atoms with Crippen LogP contribution in [0, 0.1) is 11.7 Å². The van der Waals surface area contributed by atoms with E-state index >= 15 is 0 Å². The van der Waals surface area contributed by atoms with Gasteiger partial charge >= 0.3 is 0 Å². The summed E-state index contributed by atoms with van der Waals surface area (Å²) in [6.45, 7) is 2.52. The van der Waals surface area contributed by atoms with Crippen LogP contribution in [0.3, 0.4) is 0 Å². The van der Waals surface area contributed by atoms with Gasteiger partial charge in [0.1, 0.15) is 6.33 Å². The summed E-state index contributed by atoms with van der Waals surface area (Å²) in [4.78, 5) is 7.79. The van der Waals surface area contributed by atoms with Gasteiger partial charge in [-0.3, -0.25) is 0 Å². The summed E-state index contributed by atoms with van der Waals surface area (Å²) >= 11 is 0. The number of aromatic nitrogens is 2. The van der Waals surface area contributed by atoms with Crippen molar-refractivity contribution in [2.75, 3.05) is 11.9 Å². The first kappa shape index (κ1) is 12.2. The highest BCUT2D eigenvalue weighted by atomic mass is 19.1. The van der Waals surface area contributed by atoms with Crippen LogP contribution in [0.2, 0.25) is 0 Å². The topological polar surface area (TPSA) is 58.0 Å². The average Bonchev–Trinajstić information content (AvgIpc) is 2.74. The fourth-order valence-electron chi connectivity index (χ4n) is 2.25. The zero-order valence-corrected chi connectivity index (χ0v) is 9.99. The van der Waals surface area contributed by atoms with Gasteiger partial charge in [0.2, 0.25) is 0 Å². The SMILES string of the molecule is CCc1ncnc(NCC2CCC(O)C2)c1F. The highest BCUT2D eigenvalue weighted by molar-refractivity contribution is 5.37. The molecule has 2 rings (SSSR count). The van der Waals surface area contributed by atoms with Gasteiger partial charge in [-0.15, -0.1) is 0 Å². The number of hydrogen-bond acceptors (Lipinski definition) is 4. The molecule has 1 saturated carbocycles. The van der Waals surface area contributed by atoms with Crippen LogP contribution in [0.25, 0.3) is 0 Å². The Morgan fingerprint density at radius 2 is 2.29 bits per heavy atom. The van der Waals surface area contributed by atoms with E-state index in [0.717, 1.165) is 19.3 Å². The summed E-state index contributed by atoms with van der Waals surface area (Å²) in [6, 6.07) is 0. The van der Waals surface area contributed by atoms with E-state index in [1.807, 2.05) is 6.92 Å². The van der Waals surface area contributed by atoms with Crippen molar-refractivity contribution in [1.82, 2.24) is 9.97 Å². The molecule has 2 atom stereocenters. The predicted octanol–water partition coefficient (Wildman–Crippen LogP) is 1.75. The molecular formula is C12H18FN3O. The Kier molecular flexibility index (Phi) is 3.89. The first-order chi connectivity index (χ1) is 8.20. The Balaban J connectivity index is 1.95. The fraction of sp³-hybridized carbons (Fsp3) is 0.667. The van der Waals surface area contributed by atoms with Crippen molar-refractivity contribution in [1.29, 1.82) is 0 Å². The van der Waals surface area contributed by atoms with Gasteiger partial charge in [-0.1, -0.05) is 6.92 Å². The summed E-state index contributed by atoms with van der Waals surface area (Å²) in [5, 5.41) is 12.4. The Labute approximate surface area is 100 Å². The third kappa shape index (κ3) is 2.91. The zero-order valence-electron chi connectivity index (χ0n) is 9.99. The number of nitrogens with one attached hydrogen (secondary N) is 1.